The van der Waals surface area contributed by atoms with Gasteiger partial charge in [0.2, 0.25) is 0 Å². The van der Waals surface area contributed by atoms with Crippen LogP contribution in [0.4, 0.5) is 0 Å². The monoisotopic (exact) mass is 250 g/mol. The van der Waals surface area contributed by atoms with E-state index in [-0.39, 0.29) is 18.4 Å². The maximum atomic E-state index is 12.1. The molecular weight excluding hydrogens is 228 g/mol. The zero-order valence-electron chi connectivity index (χ0n) is 11.3. The summed E-state index contributed by atoms with van der Waals surface area (Å²) in [6, 6.07) is 0. The van der Waals surface area contributed by atoms with Crippen molar-refractivity contribution < 1.29 is 14.3 Å². The molecule has 0 amide bonds. The lowest BCUT2D eigenvalue weighted by Crippen LogP contribution is -2.36. The summed E-state index contributed by atoms with van der Waals surface area (Å²) >= 11 is 0. The highest BCUT2D eigenvalue weighted by Crippen LogP contribution is 2.39. The predicted molar refractivity (Wildman–Crippen MR) is 71.1 cm³/mol. The maximum Gasteiger partial charge on any atom is 0.320 e. The largest absolute Gasteiger partial charge is 0.461 e. The molecule has 1 unspecified atom stereocenters. The van der Waals surface area contributed by atoms with Crippen LogP contribution in [0, 0.1) is 5.41 Å². The van der Waals surface area contributed by atoms with Crippen LogP contribution in [0.25, 0.3) is 0 Å². The molecule has 0 N–H and O–H groups in total. The van der Waals surface area contributed by atoms with Gasteiger partial charge >= 0.3 is 5.97 Å². The van der Waals surface area contributed by atoms with Gasteiger partial charge in [0.1, 0.15) is 12.0 Å². The quantitative estimate of drug-likeness (QED) is 0.413. The molecule has 0 radical (unpaired) electrons. The second kappa shape index (κ2) is 7.14. The van der Waals surface area contributed by atoms with Crippen LogP contribution in [0.3, 0.4) is 0 Å². The molecule has 100 valence electrons. The first-order chi connectivity index (χ1) is 8.67. The second-order valence-corrected chi connectivity index (χ2v) is 4.61. The summed E-state index contributed by atoms with van der Waals surface area (Å²) in [6.45, 7) is 4.15. The van der Waals surface area contributed by atoms with E-state index in [0.29, 0.717) is 19.3 Å². The molecule has 0 spiro atoms. The molecule has 1 saturated carbocycles. The maximum absolute atomic E-state index is 12.1. The van der Waals surface area contributed by atoms with E-state index in [1.165, 1.54) is 0 Å². The Morgan fingerprint density at radius 3 is 2.72 bits per heavy atom. The Kier molecular flexibility index (Phi) is 5.83. The van der Waals surface area contributed by atoms with Gasteiger partial charge < -0.3 is 4.74 Å². The molecule has 1 atom stereocenters. The van der Waals surface area contributed by atoms with Crippen molar-refractivity contribution in [2.24, 2.45) is 5.41 Å². The normalized spacial score (nSPS) is 24.2. The summed E-state index contributed by atoms with van der Waals surface area (Å²) in [4.78, 5) is 24.1. The molecular formula is C15H22O3. The number of esters is 1. The van der Waals surface area contributed by atoms with Crippen molar-refractivity contribution in [3.63, 3.8) is 0 Å². The van der Waals surface area contributed by atoms with Crippen molar-refractivity contribution in [1.82, 2.24) is 0 Å². The average Bonchev–Trinajstić information content (AvgIpc) is 2.73. The molecule has 3 heteroatoms. The molecule has 0 saturated heterocycles. The number of allylic oxidation sites excluding steroid dienone is 3. The molecule has 0 heterocycles. The van der Waals surface area contributed by atoms with E-state index < -0.39 is 5.41 Å². The third-order valence-electron chi connectivity index (χ3n) is 3.35. The van der Waals surface area contributed by atoms with Gasteiger partial charge in [0.15, 0.2) is 5.78 Å². The lowest BCUT2D eigenvalue weighted by Gasteiger charge is -2.23. The van der Waals surface area contributed by atoms with Crippen LogP contribution in [-0.4, -0.2) is 18.4 Å². The molecule has 18 heavy (non-hydrogen) atoms. The summed E-state index contributed by atoms with van der Waals surface area (Å²) in [6.07, 6.45) is 10.8. The van der Waals surface area contributed by atoms with E-state index >= 15 is 0 Å². The lowest BCUT2D eigenvalue weighted by atomic mass is 9.81. The Morgan fingerprint density at radius 1 is 1.39 bits per heavy atom. The fourth-order valence-electron chi connectivity index (χ4n) is 2.25. The van der Waals surface area contributed by atoms with Gasteiger partial charge in [-0.3, -0.25) is 9.59 Å². The Hall–Kier alpha value is -1.38. The van der Waals surface area contributed by atoms with Crippen LogP contribution >= 0.6 is 0 Å². The molecule has 1 aliphatic rings. The van der Waals surface area contributed by atoms with Crippen LogP contribution in [0.5, 0.6) is 0 Å². The van der Waals surface area contributed by atoms with Gasteiger partial charge in [-0.15, -0.1) is 0 Å². The lowest BCUT2D eigenvalue weighted by molar-refractivity contribution is -0.157. The molecule has 1 fully saturated rings. The predicted octanol–water partition coefficient (Wildman–Crippen LogP) is 3.20. The first-order valence-corrected chi connectivity index (χ1v) is 6.64. The van der Waals surface area contributed by atoms with Crippen molar-refractivity contribution in [3.05, 3.63) is 24.3 Å². The van der Waals surface area contributed by atoms with E-state index in [1.54, 1.807) is 6.08 Å². The number of carbonyl (C=O) groups excluding carboxylic acids is 2. The van der Waals surface area contributed by atoms with Crippen molar-refractivity contribution in [1.29, 1.82) is 0 Å². The first-order valence-electron chi connectivity index (χ1n) is 6.64. The molecule has 0 aliphatic heterocycles. The van der Waals surface area contributed by atoms with Gasteiger partial charge in [-0.05, 0) is 32.6 Å². The molecule has 3 nitrogen and oxygen atoms in total. The smallest absolute Gasteiger partial charge is 0.320 e. The van der Waals surface area contributed by atoms with Crippen molar-refractivity contribution in [3.8, 4) is 0 Å². The van der Waals surface area contributed by atoms with Gasteiger partial charge in [0, 0.05) is 6.42 Å². The summed E-state index contributed by atoms with van der Waals surface area (Å²) in [5, 5.41) is 0. The summed E-state index contributed by atoms with van der Waals surface area (Å²) < 4.78 is 5.19. The van der Waals surface area contributed by atoms with E-state index in [0.717, 1.165) is 12.8 Å². The summed E-state index contributed by atoms with van der Waals surface area (Å²) in [7, 11) is 0. The number of ketones is 1. The number of carbonyl (C=O) groups is 2. The zero-order valence-corrected chi connectivity index (χ0v) is 11.3. The third-order valence-corrected chi connectivity index (χ3v) is 3.35. The molecule has 0 aromatic carbocycles. The highest BCUT2D eigenvalue weighted by molar-refractivity contribution is 6.05. The van der Waals surface area contributed by atoms with Crippen LogP contribution in [-0.2, 0) is 14.3 Å². The minimum Gasteiger partial charge on any atom is -0.461 e. The number of hydrogen-bond donors (Lipinski definition) is 0. The van der Waals surface area contributed by atoms with E-state index in [4.69, 9.17) is 4.74 Å². The Labute approximate surface area is 109 Å². The van der Waals surface area contributed by atoms with Crippen LogP contribution in [0.15, 0.2) is 24.3 Å². The fraction of sp³-hybridized carbons (Fsp3) is 0.600. The number of rotatable bonds is 6. The van der Waals surface area contributed by atoms with Gasteiger partial charge in [-0.2, -0.15) is 0 Å². The van der Waals surface area contributed by atoms with Crippen LogP contribution < -0.4 is 0 Å². The molecule has 0 bridgehead atoms. The van der Waals surface area contributed by atoms with Crippen molar-refractivity contribution in [2.45, 2.75) is 46.0 Å². The number of ether oxygens (including phenoxy) is 1. The Bertz CT molecular complexity index is 355. The highest BCUT2D eigenvalue weighted by Gasteiger charge is 2.48. The average molecular weight is 250 g/mol. The van der Waals surface area contributed by atoms with Crippen molar-refractivity contribution in [2.75, 3.05) is 6.61 Å². The standard InChI is InChI=1S/C15H22O3/c1-3-5-7-10-15(11-8-9-13(15)16)14(17)18-12-6-4-2/h4-7H,3,8-12H2,1-2H3. The minimum absolute atomic E-state index is 0.0359. The number of Topliss-reactive ketones (excluding diaryl/α,β-unsaturated/α-hetero) is 1. The Balaban J connectivity index is 2.74. The molecule has 0 aromatic rings. The molecule has 0 aromatic heterocycles. The van der Waals surface area contributed by atoms with Gasteiger partial charge in [-0.1, -0.05) is 31.2 Å². The second-order valence-electron chi connectivity index (χ2n) is 4.61. The van der Waals surface area contributed by atoms with Gasteiger partial charge in [0.05, 0.1) is 0 Å². The van der Waals surface area contributed by atoms with E-state index in [9.17, 15) is 9.59 Å². The zero-order chi connectivity index (χ0) is 13.4. The highest BCUT2D eigenvalue weighted by atomic mass is 16.5. The van der Waals surface area contributed by atoms with Crippen molar-refractivity contribution >= 4 is 11.8 Å². The third kappa shape index (κ3) is 3.31. The van der Waals surface area contributed by atoms with Crippen LogP contribution in [0.1, 0.15) is 46.0 Å². The SMILES string of the molecule is CC=CCOC(=O)C1(CC=CCC)CCCC1=O. The first kappa shape index (κ1) is 14.7. The number of hydrogen-bond acceptors (Lipinski definition) is 3. The Morgan fingerprint density at radius 2 is 2.17 bits per heavy atom. The van der Waals surface area contributed by atoms with E-state index in [1.807, 2.05) is 32.1 Å². The van der Waals surface area contributed by atoms with Gasteiger partial charge in [-0.25, -0.2) is 0 Å². The van der Waals surface area contributed by atoms with Crippen LogP contribution in [0.2, 0.25) is 0 Å². The molecule has 1 aliphatic carbocycles. The van der Waals surface area contributed by atoms with E-state index in [2.05, 4.69) is 0 Å². The topological polar surface area (TPSA) is 43.4 Å². The minimum atomic E-state index is -0.909. The van der Waals surface area contributed by atoms with Gasteiger partial charge in [0.25, 0.3) is 0 Å². The summed E-state index contributed by atoms with van der Waals surface area (Å²) in [5.74, 6) is -0.322. The summed E-state index contributed by atoms with van der Waals surface area (Å²) in [5.41, 5.74) is -0.909. The fourth-order valence-corrected chi connectivity index (χ4v) is 2.25. The molecule has 1 rings (SSSR count).